The van der Waals surface area contributed by atoms with Gasteiger partial charge in [0.15, 0.2) is 0 Å². The van der Waals surface area contributed by atoms with Crippen LogP contribution in [0.3, 0.4) is 0 Å². The summed E-state index contributed by atoms with van der Waals surface area (Å²) in [5.74, 6) is 2.12. The van der Waals surface area contributed by atoms with Gasteiger partial charge in [0.1, 0.15) is 17.6 Å². The first kappa shape index (κ1) is 20.7. The van der Waals surface area contributed by atoms with Gasteiger partial charge in [-0.1, -0.05) is 0 Å². The minimum atomic E-state index is -0.00937. The number of hydrogen-bond acceptors (Lipinski definition) is 5. The Bertz CT molecular complexity index is 901. The number of piperidine rings is 1. The SMILES string of the molecule is COc1ccc2c(c1)CN(C(C)=O)CC(C1CCCN(Cc3ccncc3C)C1)O2. The molecule has 0 radical (unpaired) electrons. The van der Waals surface area contributed by atoms with E-state index in [1.807, 2.05) is 35.5 Å². The number of fused-ring (bicyclic) bond motifs is 1. The van der Waals surface area contributed by atoms with E-state index in [1.54, 1.807) is 14.0 Å². The van der Waals surface area contributed by atoms with Crippen LogP contribution in [-0.4, -0.2) is 53.5 Å². The maximum absolute atomic E-state index is 12.3. The molecule has 30 heavy (non-hydrogen) atoms. The molecule has 1 saturated heterocycles. The summed E-state index contributed by atoms with van der Waals surface area (Å²) in [6, 6.07) is 8.00. The number of carbonyl (C=O) groups excluding carboxylic acids is 1. The molecule has 3 heterocycles. The highest BCUT2D eigenvalue weighted by atomic mass is 16.5. The number of pyridine rings is 1. The molecule has 1 aromatic heterocycles. The number of benzene rings is 1. The Balaban J connectivity index is 1.52. The first-order valence-corrected chi connectivity index (χ1v) is 10.7. The number of carbonyl (C=O) groups is 1. The average Bonchev–Trinajstić information content (AvgIpc) is 2.95. The molecule has 6 heteroatoms. The van der Waals surface area contributed by atoms with E-state index in [0.717, 1.165) is 49.5 Å². The molecule has 2 atom stereocenters. The van der Waals surface area contributed by atoms with Crippen molar-refractivity contribution >= 4 is 5.91 Å². The summed E-state index contributed by atoms with van der Waals surface area (Å²) in [6.07, 6.45) is 6.05. The van der Waals surface area contributed by atoms with Gasteiger partial charge < -0.3 is 14.4 Å². The number of aryl methyl sites for hydroxylation is 1. The van der Waals surface area contributed by atoms with Gasteiger partial charge in [0.05, 0.1) is 13.7 Å². The van der Waals surface area contributed by atoms with Crippen molar-refractivity contribution in [2.24, 2.45) is 5.92 Å². The maximum Gasteiger partial charge on any atom is 0.219 e. The second-order valence-corrected chi connectivity index (χ2v) is 8.47. The number of methoxy groups -OCH3 is 1. The van der Waals surface area contributed by atoms with Gasteiger partial charge in [-0.2, -0.15) is 0 Å². The fourth-order valence-corrected chi connectivity index (χ4v) is 4.55. The van der Waals surface area contributed by atoms with E-state index in [9.17, 15) is 4.79 Å². The highest BCUT2D eigenvalue weighted by Gasteiger charge is 2.33. The van der Waals surface area contributed by atoms with Crippen LogP contribution < -0.4 is 9.47 Å². The summed E-state index contributed by atoms with van der Waals surface area (Å²) in [5.41, 5.74) is 3.57. The number of likely N-dealkylation sites (tertiary alicyclic amines) is 1. The normalized spacial score (nSPS) is 22.0. The zero-order valence-corrected chi connectivity index (χ0v) is 18.1. The van der Waals surface area contributed by atoms with E-state index < -0.39 is 0 Å². The first-order chi connectivity index (χ1) is 14.5. The van der Waals surface area contributed by atoms with Crippen molar-refractivity contribution < 1.29 is 14.3 Å². The number of ether oxygens (including phenoxy) is 2. The van der Waals surface area contributed by atoms with Gasteiger partial charge >= 0.3 is 0 Å². The molecule has 2 aliphatic rings. The molecule has 4 rings (SSSR count). The lowest BCUT2D eigenvalue weighted by Crippen LogP contribution is -2.46. The van der Waals surface area contributed by atoms with Gasteiger partial charge in [-0.25, -0.2) is 0 Å². The minimum absolute atomic E-state index is 0.00937. The lowest BCUT2D eigenvalue weighted by molar-refractivity contribution is -0.130. The Morgan fingerprint density at radius 1 is 1.30 bits per heavy atom. The number of nitrogens with zero attached hydrogens (tertiary/aromatic N) is 3. The molecule has 0 saturated carbocycles. The fourth-order valence-electron chi connectivity index (χ4n) is 4.55. The summed E-state index contributed by atoms with van der Waals surface area (Å²) in [6.45, 7) is 7.94. The van der Waals surface area contributed by atoms with Crippen molar-refractivity contribution in [3.05, 3.63) is 53.3 Å². The molecule has 2 unspecified atom stereocenters. The monoisotopic (exact) mass is 409 g/mol. The summed E-state index contributed by atoms with van der Waals surface area (Å²) in [4.78, 5) is 20.9. The molecular weight excluding hydrogens is 378 g/mol. The number of aromatic nitrogens is 1. The van der Waals surface area contributed by atoms with Crippen LogP contribution in [0.2, 0.25) is 0 Å². The molecular formula is C24H31N3O3. The van der Waals surface area contributed by atoms with E-state index in [1.165, 1.54) is 11.1 Å². The van der Waals surface area contributed by atoms with Crippen LogP contribution in [0.4, 0.5) is 0 Å². The van der Waals surface area contributed by atoms with Crippen LogP contribution in [0.15, 0.2) is 36.7 Å². The Labute approximate surface area is 178 Å². The largest absolute Gasteiger partial charge is 0.497 e. The highest BCUT2D eigenvalue weighted by molar-refractivity contribution is 5.73. The molecule has 1 amide bonds. The Morgan fingerprint density at radius 2 is 2.17 bits per heavy atom. The Morgan fingerprint density at radius 3 is 2.93 bits per heavy atom. The predicted octanol–water partition coefficient (Wildman–Crippen LogP) is 3.42. The number of hydrogen-bond donors (Lipinski definition) is 0. The second-order valence-electron chi connectivity index (χ2n) is 8.47. The summed E-state index contributed by atoms with van der Waals surface area (Å²) < 4.78 is 11.9. The van der Waals surface area contributed by atoms with Crippen LogP contribution in [0.25, 0.3) is 0 Å². The molecule has 0 spiro atoms. The lowest BCUT2D eigenvalue weighted by atomic mass is 9.91. The van der Waals surface area contributed by atoms with Crippen LogP contribution in [0.1, 0.15) is 36.5 Å². The molecule has 0 N–H and O–H groups in total. The van der Waals surface area contributed by atoms with Crippen molar-refractivity contribution in [3.63, 3.8) is 0 Å². The van der Waals surface area contributed by atoms with Gasteiger partial charge in [-0.3, -0.25) is 14.7 Å². The average molecular weight is 410 g/mol. The molecule has 160 valence electrons. The van der Waals surface area contributed by atoms with Crippen molar-refractivity contribution in [1.82, 2.24) is 14.8 Å². The summed E-state index contributed by atoms with van der Waals surface area (Å²) >= 11 is 0. The summed E-state index contributed by atoms with van der Waals surface area (Å²) in [7, 11) is 1.66. The number of rotatable bonds is 4. The van der Waals surface area contributed by atoms with Crippen LogP contribution in [-0.2, 0) is 17.9 Å². The van der Waals surface area contributed by atoms with Crippen molar-refractivity contribution in [2.45, 2.75) is 45.9 Å². The van der Waals surface area contributed by atoms with E-state index in [2.05, 4.69) is 22.9 Å². The van der Waals surface area contributed by atoms with Crippen molar-refractivity contribution in [3.8, 4) is 11.5 Å². The van der Waals surface area contributed by atoms with Gasteiger partial charge in [0.2, 0.25) is 5.91 Å². The van der Waals surface area contributed by atoms with E-state index in [0.29, 0.717) is 19.0 Å². The Hall–Kier alpha value is -2.60. The minimum Gasteiger partial charge on any atom is -0.497 e. The fraction of sp³-hybridized carbons (Fsp3) is 0.500. The third kappa shape index (κ3) is 4.59. The number of amides is 1. The first-order valence-electron chi connectivity index (χ1n) is 10.7. The molecule has 0 aliphatic carbocycles. The van der Waals surface area contributed by atoms with Gasteiger partial charge in [0, 0.05) is 50.4 Å². The zero-order chi connectivity index (χ0) is 21.1. The quantitative estimate of drug-likeness (QED) is 0.775. The van der Waals surface area contributed by atoms with Gasteiger partial charge in [0.25, 0.3) is 0 Å². The topological polar surface area (TPSA) is 54.9 Å². The zero-order valence-electron chi connectivity index (χ0n) is 18.1. The third-order valence-electron chi connectivity index (χ3n) is 6.35. The maximum atomic E-state index is 12.3. The van der Waals surface area contributed by atoms with E-state index >= 15 is 0 Å². The summed E-state index contributed by atoms with van der Waals surface area (Å²) in [5, 5.41) is 0. The van der Waals surface area contributed by atoms with Crippen LogP contribution >= 0.6 is 0 Å². The van der Waals surface area contributed by atoms with Gasteiger partial charge in [-0.15, -0.1) is 0 Å². The Kier molecular flexibility index (Phi) is 6.23. The smallest absolute Gasteiger partial charge is 0.219 e. The molecule has 6 nitrogen and oxygen atoms in total. The van der Waals surface area contributed by atoms with Crippen molar-refractivity contribution in [2.75, 3.05) is 26.7 Å². The second kappa shape index (κ2) is 9.04. The predicted molar refractivity (Wildman–Crippen MR) is 115 cm³/mol. The molecule has 0 bridgehead atoms. The lowest BCUT2D eigenvalue weighted by Gasteiger charge is -2.37. The molecule has 1 aromatic carbocycles. The van der Waals surface area contributed by atoms with Crippen LogP contribution in [0, 0.1) is 12.8 Å². The highest BCUT2D eigenvalue weighted by Crippen LogP contribution is 2.33. The van der Waals surface area contributed by atoms with Crippen molar-refractivity contribution in [1.29, 1.82) is 0 Å². The van der Waals surface area contributed by atoms with Gasteiger partial charge in [-0.05, 0) is 61.7 Å². The molecule has 2 aromatic rings. The third-order valence-corrected chi connectivity index (χ3v) is 6.35. The molecule has 2 aliphatic heterocycles. The molecule has 1 fully saturated rings. The standard InChI is InChI=1S/C24H31N3O3/c1-17-12-25-9-8-19(17)13-26-10-4-5-20(14-26)24-16-27(18(2)28)15-21-11-22(29-3)6-7-23(21)30-24/h6-9,11-12,20,24H,4-5,10,13-16H2,1-3H3. The van der Waals surface area contributed by atoms with Crippen LogP contribution in [0.5, 0.6) is 11.5 Å². The van der Waals surface area contributed by atoms with E-state index in [4.69, 9.17) is 9.47 Å². The van der Waals surface area contributed by atoms with E-state index in [-0.39, 0.29) is 12.0 Å².